The number of hydrogen-bond donors (Lipinski definition) is 3. The van der Waals surface area contributed by atoms with E-state index in [2.05, 4.69) is 5.32 Å². The van der Waals surface area contributed by atoms with E-state index in [1.165, 1.54) is 0 Å². The van der Waals surface area contributed by atoms with Gasteiger partial charge in [0, 0.05) is 6.92 Å². The minimum atomic E-state index is -1.54. The number of nitrogens with one attached hydrogen (secondary N) is 1. The van der Waals surface area contributed by atoms with E-state index in [9.17, 15) is 24.8 Å². The molecule has 0 aromatic heterocycles. The van der Waals surface area contributed by atoms with Crippen LogP contribution in [0.2, 0.25) is 0 Å². The highest BCUT2D eigenvalue weighted by atomic mass is 16.6. The van der Waals surface area contributed by atoms with Crippen LogP contribution >= 0.6 is 0 Å². The van der Waals surface area contributed by atoms with Gasteiger partial charge in [0.2, 0.25) is 11.7 Å². The molecular weight excluding hydrogens is 232 g/mol. The zero-order chi connectivity index (χ0) is 13.2. The number of aromatic carboxylic acids is 1. The number of nitro groups is 1. The van der Waals surface area contributed by atoms with E-state index in [1.54, 1.807) is 0 Å². The molecule has 17 heavy (non-hydrogen) atoms. The standard InChI is InChI=1S/C9H8N2O6/c1-4(12)10-6-3-2-5(9(14)15)7(8(6)13)11(16)17/h2-3,13H,1H3,(H,10,12)(H,14,15). The summed E-state index contributed by atoms with van der Waals surface area (Å²) in [5.41, 5.74) is -1.82. The molecule has 90 valence electrons. The van der Waals surface area contributed by atoms with Crippen LogP contribution < -0.4 is 5.32 Å². The van der Waals surface area contributed by atoms with Gasteiger partial charge in [0.15, 0.2) is 0 Å². The van der Waals surface area contributed by atoms with E-state index >= 15 is 0 Å². The van der Waals surface area contributed by atoms with E-state index in [0.717, 1.165) is 19.1 Å². The number of anilines is 1. The van der Waals surface area contributed by atoms with Crippen molar-refractivity contribution in [3.63, 3.8) is 0 Å². The van der Waals surface area contributed by atoms with Gasteiger partial charge >= 0.3 is 11.7 Å². The average Bonchev–Trinajstić information content (AvgIpc) is 2.19. The Morgan fingerprint density at radius 2 is 2.00 bits per heavy atom. The third kappa shape index (κ3) is 2.48. The number of rotatable bonds is 3. The van der Waals surface area contributed by atoms with Crippen molar-refractivity contribution < 1.29 is 24.7 Å². The lowest BCUT2D eigenvalue weighted by molar-refractivity contribution is -0.386. The first-order valence-corrected chi connectivity index (χ1v) is 4.35. The van der Waals surface area contributed by atoms with Gasteiger partial charge < -0.3 is 15.5 Å². The Balaban J connectivity index is 3.43. The van der Waals surface area contributed by atoms with Gasteiger partial charge in [-0.1, -0.05) is 0 Å². The Bertz CT molecular complexity index is 510. The zero-order valence-corrected chi connectivity index (χ0v) is 8.63. The fraction of sp³-hybridized carbons (Fsp3) is 0.111. The summed E-state index contributed by atoms with van der Waals surface area (Å²) in [7, 11) is 0. The number of phenolic OH excluding ortho intramolecular Hbond substituents is 1. The second kappa shape index (κ2) is 4.47. The number of benzene rings is 1. The van der Waals surface area contributed by atoms with Crippen molar-refractivity contribution in [2.45, 2.75) is 6.92 Å². The smallest absolute Gasteiger partial charge is 0.342 e. The maximum Gasteiger partial charge on any atom is 0.342 e. The van der Waals surface area contributed by atoms with Gasteiger partial charge in [0.05, 0.1) is 10.6 Å². The zero-order valence-electron chi connectivity index (χ0n) is 8.63. The number of phenols is 1. The maximum absolute atomic E-state index is 10.8. The second-order valence-electron chi connectivity index (χ2n) is 3.10. The first-order chi connectivity index (χ1) is 7.84. The second-order valence-corrected chi connectivity index (χ2v) is 3.10. The molecule has 1 amide bonds. The number of hydrogen-bond acceptors (Lipinski definition) is 5. The summed E-state index contributed by atoms with van der Waals surface area (Å²) in [5.74, 6) is -2.97. The van der Waals surface area contributed by atoms with Gasteiger partial charge in [-0.3, -0.25) is 14.9 Å². The number of amides is 1. The number of carboxylic acid groups (broad SMARTS) is 1. The lowest BCUT2D eigenvalue weighted by Crippen LogP contribution is -2.09. The number of nitro benzene ring substituents is 1. The topological polar surface area (TPSA) is 130 Å². The third-order valence-electron chi connectivity index (χ3n) is 1.87. The summed E-state index contributed by atoms with van der Waals surface area (Å²) in [4.78, 5) is 31.1. The van der Waals surface area contributed by atoms with Crippen LogP contribution in [0.1, 0.15) is 17.3 Å². The number of carbonyl (C=O) groups excluding carboxylic acids is 1. The van der Waals surface area contributed by atoms with Crippen LogP contribution in [0.5, 0.6) is 5.75 Å². The average molecular weight is 240 g/mol. The summed E-state index contributed by atoms with van der Waals surface area (Å²) in [6, 6.07) is 2.01. The van der Waals surface area contributed by atoms with Gasteiger partial charge in [0.25, 0.3) is 0 Å². The Morgan fingerprint density at radius 3 is 2.41 bits per heavy atom. The Hall–Kier alpha value is -2.64. The highest BCUT2D eigenvalue weighted by molar-refractivity contribution is 5.98. The molecule has 0 atom stereocenters. The first kappa shape index (κ1) is 12.4. The van der Waals surface area contributed by atoms with Crippen molar-refractivity contribution in [1.29, 1.82) is 0 Å². The molecular formula is C9H8N2O6. The normalized spacial score (nSPS) is 9.71. The summed E-state index contributed by atoms with van der Waals surface area (Å²) < 4.78 is 0. The molecule has 0 unspecified atom stereocenters. The third-order valence-corrected chi connectivity index (χ3v) is 1.87. The van der Waals surface area contributed by atoms with Crippen molar-refractivity contribution in [3.8, 4) is 5.75 Å². The summed E-state index contributed by atoms with van der Waals surface area (Å²) >= 11 is 0. The minimum absolute atomic E-state index is 0.214. The molecule has 1 aromatic carbocycles. The minimum Gasteiger partial charge on any atom is -0.501 e. The van der Waals surface area contributed by atoms with Crippen molar-refractivity contribution in [1.82, 2.24) is 0 Å². The van der Waals surface area contributed by atoms with Crippen molar-refractivity contribution in [3.05, 3.63) is 27.8 Å². The largest absolute Gasteiger partial charge is 0.501 e. The highest BCUT2D eigenvalue weighted by Gasteiger charge is 2.27. The first-order valence-electron chi connectivity index (χ1n) is 4.35. The monoisotopic (exact) mass is 240 g/mol. The van der Waals surface area contributed by atoms with Crippen LogP contribution in [-0.2, 0) is 4.79 Å². The highest BCUT2D eigenvalue weighted by Crippen LogP contribution is 2.36. The summed E-state index contributed by atoms with van der Waals surface area (Å²) in [6.07, 6.45) is 0. The molecule has 8 heteroatoms. The molecule has 1 rings (SSSR count). The maximum atomic E-state index is 10.8. The van der Waals surface area contributed by atoms with Gasteiger partial charge in [-0.25, -0.2) is 4.79 Å². The van der Waals surface area contributed by atoms with E-state index < -0.39 is 33.8 Å². The van der Waals surface area contributed by atoms with Crippen LogP contribution in [0.3, 0.4) is 0 Å². The van der Waals surface area contributed by atoms with Crippen molar-refractivity contribution >= 4 is 23.3 Å². The fourth-order valence-electron chi connectivity index (χ4n) is 1.23. The molecule has 0 aliphatic carbocycles. The van der Waals surface area contributed by atoms with Gasteiger partial charge in [0.1, 0.15) is 5.56 Å². The van der Waals surface area contributed by atoms with Crippen LogP contribution in [-0.4, -0.2) is 27.0 Å². The number of carbonyl (C=O) groups is 2. The molecule has 0 saturated heterocycles. The number of aromatic hydroxyl groups is 1. The molecule has 0 heterocycles. The predicted molar refractivity (Wildman–Crippen MR) is 56.0 cm³/mol. The van der Waals surface area contributed by atoms with Crippen LogP contribution in [0.15, 0.2) is 12.1 Å². The van der Waals surface area contributed by atoms with Crippen LogP contribution in [0.25, 0.3) is 0 Å². The van der Waals surface area contributed by atoms with Crippen molar-refractivity contribution in [2.75, 3.05) is 5.32 Å². The SMILES string of the molecule is CC(=O)Nc1ccc(C(=O)O)c([N+](=O)[O-])c1O. The molecule has 1 aromatic rings. The lowest BCUT2D eigenvalue weighted by atomic mass is 10.1. The van der Waals surface area contributed by atoms with Crippen LogP contribution in [0.4, 0.5) is 11.4 Å². The Labute approximate surface area is 94.6 Å². The molecule has 0 spiro atoms. The molecule has 0 aliphatic heterocycles. The lowest BCUT2D eigenvalue weighted by Gasteiger charge is -2.06. The van der Waals surface area contributed by atoms with Gasteiger partial charge in [-0.15, -0.1) is 0 Å². The number of carboxylic acids is 1. The molecule has 0 saturated carbocycles. The van der Waals surface area contributed by atoms with E-state index in [1.807, 2.05) is 0 Å². The van der Waals surface area contributed by atoms with Gasteiger partial charge in [-0.05, 0) is 12.1 Å². The molecule has 0 fully saturated rings. The molecule has 0 bridgehead atoms. The van der Waals surface area contributed by atoms with Crippen molar-refractivity contribution in [2.24, 2.45) is 0 Å². The van der Waals surface area contributed by atoms with E-state index in [0.29, 0.717) is 0 Å². The summed E-state index contributed by atoms with van der Waals surface area (Å²) in [5, 5.41) is 31.0. The number of nitrogens with zero attached hydrogens (tertiary/aromatic N) is 1. The molecule has 3 N–H and O–H groups in total. The molecule has 8 nitrogen and oxygen atoms in total. The fourth-order valence-corrected chi connectivity index (χ4v) is 1.23. The van der Waals surface area contributed by atoms with E-state index in [4.69, 9.17) is 5.11 Å². The van der Waals surface area contributed by atoms with Gasteiger partial charge in [-0.2, -0.15) is 0 Å². The predicted octanol–water partition coefficient (Wildman–Crippen LogP) is 0.957. The van der Waals surface area contributed by atoms with Crippen LogP contribution in [0, 0.1) is 10.1 Å². The Kier molecular flexibility index (Phi) is 3.27. The molecule has 0 radical (unpaired) electrons. The Morgan fingerprint density at radius 1 is 1.41 bits per heavy atom. The summed E-state index contributed by atoms with van der Waals surface area (Å²) in [6.45, 7) is 1.15. The quantitative estimate of drug-likeness (QED) is 0.409. The van der Waals surface area contributed by atoms with E-state index in [-0.39, 0.29) is 5.69 Å². The molecule has 0 aliphatic rings.